The Bertz CT molecular complexity index is 586. The van der Waals surface area contributed by atoms with Crippen LogP contribution in [0.25, 0.3) is 0 Å². The number of nitrogens with zero attached hydrogens (tertiary/aromatic N) is 3. The molecule has 1 aromatic carbocycles. The summed E-state index contributed by atoms with van der Waals surface area (Å²) >= 11 is 0. The zero-order chi connectivity index (χ0) is 19.0. The minimum atomic E-state index is -0.0568. The number of rotatable bonds is 5. The Morgan fingerprint density at radius 1 is 1.12 bits per heavy atom. The Balaban J connectivity index is 1.78. The highest BCUT2D eigenvalue weighted by Gasteiger charge is 2.21. The second-order valence-corrected chi connectivity index (χ2v) is 7.59. The first-order chi connectivity index (χ1) is 12.4. The summed E-state index contributed by atoms with van der Waals surface area (Å²) in [6.07, 6.45) is 0.450. The number of amides is 1. The summed E-state index contributed by atoms with van der Waals surface area (Å²) in [6, 6.07) is 10.4. The van der Waals surface area contributed by atoms with Crippen molar-refractivity contribution >= 4 is 17.6 Å². The summed E-state index contributed by atoms with van der Waals surface area (Å²) in [5, 5.41) is 6.57. The quantitative estimate of drug-likeness (QED) is 0.624. The van der Waals surface area contributed by atoms with E-state index in [4.69, 9.17) is 0 Å². The van der Waals surface area contributed by atoms with Gasteiger partial charge in [0.2, 0.25) is 5.91 Å². The number of carbonyl (C=O) groups is 1. The summed E-state index contributed by atoms with van der Waals surface area (Å²) in [4.78, 5) is 21.3. The van der Waals surface area contributed by atoms with Crippen molar-refractivity contribution in [1.82, 2.24) is 15.5 Å². The number of nitrogens with one attached hydrogen (secondary N) is 2. The fraction of sp³-hybridized carbons (Fsp3) is 0.600. The predicted molar refractivity (Wildman–Crippen MR) is 109 cm³/mol. The molecule has 2 N–H and O–H groups in total. The molecule has 0 radical (unpaired) electrons. The third-order valence-electron chi connectivity index (χ3n) is 4.19. The van der Waals surface area contributed by atoms with Gasteiger partial charge in [0.1, 0.15) is 0 Å². The second-order valence-electron chi connectivity index (χ2n) is 7.59. The van der Waals surface area contributed by atoms with Crippen LogP contribution in [-0.2, 0) is 4.79 Å². The minimum Gasteiger partial charge on any atom is -0.368 e. The van der Waals surface area contributed by atoms with Crippen LogP contribution in [0.3, 0.4) is 0 Å². The van der Waals surface area contributed by atoms with Gasteiger partial charge in [-0.1, -0.05) is 18.2 Å². The van der Waals surface area contributed by atoms with E-state index in [9.17, 15) is 4.79 Å². The first-order valence-corrected chi connectivity index (χ1v) is 9.53. The molecule has 1 fully saturated rings. The maximum Gasteiger partial charge on any atom is 0.224 e. The van der Waals surface area contributed by atoms with Gasteiger partial charge in [0.25, 0.3) is 0 Å². The van der Waals surface area contributed by atoms with E-state index in [1.165, 1.54) is 5.69 Å². The molecule has 0 bridgehead atoms. The molecule has 1 aliphatic heterocycles. The van der Waals surface area contributed by atoms with Gasteiger partial charge in [0, 0.05) is 50.4 Å². The maximum atomic E-state index is 12.5. The fourth-order valence-electron chi connectivity index (χ4n) is 2.94. The van der Waals surface area contributed by atoms with Crippen molar-refractivity contribution in [3.05, 3.63) is 30.3 Å². The van der Waals surface area contributed by atoms with E-state index in [-0.39, 0.29) is 11.4 Å². The molecular weight excluding hydrogens is 326 g/mol. The molecule has 0 atom stereocenters. The highest BCUT2D eigenvalue weighted by Crippen LogP contribution is 2.15. The normalized spacial score (nSPS) is 15.8. The van der Waals surface area contributed by atoms with E-state index in [1.807, 2.05) is 17.9 Å². The molecule has 1 aromatic rings. The van der Waals surface area contributed by atoms with Crippen LogP contribution < -0.4 is 15.5 Å². The van der Waals surface area contributed by atoms with Gasteiger partial charge in [0.05, 0.1) is 6.54 Å². The van der Waals surface area contributed by atoms with Crippen LogP contribution >= 0.6 is 0 Å². The van der Waals surface area contributed by atoms with E-state index in [0.29, 0.717) is 13.0 Å². The molecule has 144 valence electrons. The third-order valence-corrected chi connectivity index (χ3v) is 4.19. The topological polar surface area (TPSA) is 60.0 Å². The SMILES string of the molecule is CCNC(=NCCC(=O)N1CCN(c2ccccc2)CC1)NC(C)(C)C. The molecule has 0 aromatic heterocycles. The van der Waals surface area contributed by atoms with Crippen LogP contribution in [-0.4, -0.2) is 61.6 Å². The fourth-order valence-corrected chi connectivity index (χ4v) is 2.94. The molecule has 0 saturated carbocycles. The van der Waals surface area contributed by atoms with Gasteiger partial charge in [-0.3, -0.25) is 9.79 Å². The molecule has 6 heteroatoms. The van der Waals surface area contributed by atoms with Gasteiger partial charge < -0.3 is 20.4 Å². The van der Waals surface area contributed by atoms with Gasteiger partial charge in [-0.05, 0) is 39.8 Å². The van der Waals surface area contributed by atoms with Crippen LogP contribution in [0, 0.1) is 0 Å². The van der Waals surface area contributed by atoms with Crippen molar-refractivity contribution < 1.29 is 4.79 Å². The standard InChI is InChI=1S/C20H33N5O/c1-5-21-19(23-20(2,3)4)22-12-11-18(26)25-15-13-24(14-16-25)17-9-7-6-8-10-17/h6-10H,5,11-16H2,1-4H3,(H2,21,22,23). The van der Waals surface area contributed by atoms with Crippen molar-refractivity contribution in [3.63, 3.8) is 0 Å². The van der Waals surface area contributed by atoms with Gasteiger partial charge in [-0.2, -0.15) is 0 Å². The maximum absolute atomic E-state index is 12.5. The molecule has 1 heterocycles. The van der Waals surface area contributed by atoms with E-state index >= 15 is 0 Å². The number of anilines is 1. The van der Waals surface area contributed by atoms with Crippen LogP contribution in [0.4, 0.5) is 5.69 Å². The predicted octanol–water partition coefficient (Wildman–Crippen LogP) is 2.08. The lowest BCUT2D eigenvalue weighted by Gasteiger charge is -2.36. The van der Waals surface area contributed by atoms with Crippen LogP contribution in [0.5, 0.6) is 0 Å². The van der Waals surface area contributed by atoms with E-state index in [0.717, 1.165) is 38.7 Å². The van der Waals surface area contributed by atoms with Gasteiger partial charge in [0.15, 0.2) is 5.96 Å². The molecule has 0 aliphatic carbocycles. The molecule has 1 aliphatic rings. The molecule has 1 amide bonds. The average Bonchev–Trinajstić information content (AvgIpc) is 2.61. The summed E-state index contributed by atoms with van der Waals surface area (Å²) < 4.78 is 0. The number of para-hydroxylation sites is 1. The number of hydrogen-bond donors (Lipinski definition) is 2. The smallest absolute Gasteiger partial charge is 0.224 e. The van der Waals surface area contributed by atoms with Gasteiger partial charge >= 0.3 is 0 Å². The first kappa shape index (κ1) is 20.1. The van der Waals surface area contributed by atoms with Gasteiger partial charge in [-0.25, -0.2) is 0 Å². The third kappa shape index (κ3) is 6.58. The van der Waals surface area contributed by atoms with Crippen molar-refractivity contribution in [2.24, 2.45) is 4.99 Å². The van der Waals surface area contributed by atoms with Crippen LogP contribution in [0.15, 0.2) is 35.3 Å². The first-order valence-electron chi connectivity index (χ1n) is 9.53. The molecule has 26 heavy (non-hydrogen) atoms. The summed E-state index contributed by atoms with van der Waals surface area (Å²) in [7, 11) is 0. The number of carbonyl (C=O) groups excluding carboxylic acids is 1. The summed E-state index contributed by atoms with van der Waals surface area (Å²) in [5.74, 6) is 0.953. The molecule has 0 unspecified atom stereocenters. The minimum absolute atomic E-state index is 0.0568. The lowest BCUT2D eigenvalue weighted by Crippen LogP contribution is -2.49. The second kappa shape index (κ2) is 9.46. The zero-order valence-corrected chi connectivity index (χ0v) is 16.6. The van der Waals surface area contributed by atoms with E-state index < -0.39 is 0 Å². The Morgan fingerprint density at radius 2 is 1.77 bits per heavy atom. The lowest BCUT2D eigenvalue weighted by atomic mass is 10.1. The van der Waals surface area contributed by atoms with Crippen molar-refractivity contribution in [1.29, 1.82) is 0 Å². The lowest BCUT2D eigenvalue weighted by molar-refractivity contribution is -0.131. The molecule has 1 saturated heterocycles. The van der Waals surface area contributed by atoms with E-state index in [1.54, 1.807) is 0 Å². The molecular formula is C20H33N5O. The molecule has 6 nitrogen and oxygen atoms in total. The van der Waals surface area contributed by atoms with Crippen molar-refractivity contribution in [3.8, 4) is 0 Å². The van der Waals surface area contributed by atoms with Crippen molar-refractivity contribution in [2.75, 3.05) is 44.2 Å². The number of benzene rings is 1. The van der Waals surface area contributed by atoms with Crippen molar-refractivity contribution in [2.45, 2.75) is 39.7 Å². The number of aliphatic imine (C=N–C) groups is 1. The Hall–Kier alpha value is -2.24. The Kier molecular flexibility index (Phi) is 7.30. The summed E-state index contributed by atoms with van der Waals surface area (Å²) in [6.45, 7) is 12.9. The number of hydrogen-bond acceptors (Lipinski definition) is 3. The number of guanidine groups is 1. The Morgan fingerprint density at radius 3 is 2.35 bits per heavy atom. The highest BCUT2D eigenvalue weighted by molar-refractivity contribution is 5.81. The zero-order valence-electron chi connectivity index (χ0n) is 16.6. The van der Waals surface area contributed by atoms with Gasteiger partial charge in [-0.15, -0.1) is 0 Å². The van der Waals surface area contributed by atoms with Crippen LogP contribution in [0.2, 0.25) is 0 Å². The largest absolute Gasteiger partial charge is 0.368 e. The highest BCUT2D eigenvalue weighted by atomic mass is 16.2. The Labute approximate surface area is 157 Å². The molecule has 0 spiro atoms. The molecule has 2 rings (SSSR count). The number of piperazine rings is 1. The summed E-state index contributed by atoms with van der Waals surface area (Å²) in [5.41, 5.74) is 1.17. The monoisotopic (exact) mass is 359 g/mol. The van der Waals surface area contributed by atoms with Crippen LogP contribution in [0.1, 0.15) is 34.1 Å². The average molecular weight is 360 g/mol. The van der Waals surface area contributed by atoms with E-state index in [2.05, 4.69) is 65.6 Å².